The Labute approximate surface area is 188 Å². The second-order valence-electron chi connectivity index (χ2n) is 6.68. The van der Waals surface area contributed by atoms with Crippen molar-refractivity contribution in [3.63, 3.8) is 0 Å². The summed E-state index contributed by atoms with van der Waals surface area (Å²) in [6.07, 6.45) is 0. The van der Waals surface area contributed by atoms with Gasteiger partial charge in [0.2, 0.25) is 5.91 Å². The van der Waals surface area contributed by atoms with Gasteiger partial charge in [0.25, 0.3) is 0 Å². The molecule has 0 saturated carbocycles. The van der Waals surface area contributed by atoms with E-state index in [0.29, 0.717) is 26.6 Å². The predicted octanol–water partition coefficient (Wildman–Crippen LogP) is 6.64. The van der Waals surface area contributed by atoms with Crippen LogP contribution in [0.15, 0.2) is 71.8 Å². The van der Waals surface area contributed by atoms with Gasteiger partial charge in [-0.15, -0.1) is 0 Å². The zero-order chi connectivity index (χ0) is 21.1. The number of carbonyl (C=O) groups is 1. The molecule has 1 heterocycles. The molecule has 0 bridgehead atoms. The highest BCUT2D eigenvalue weighted by atomic mass is 35.5. The number of halogens is 2. The lowest BCUT2D eigenvalue weighted by Gasteiger charge is -2.10. The first-order valence-corrected chi connectivity index (χ1v) is 11.0. The van der Waals surface area contributed by atoms with Crippen LogP contribution in [0, 0.1) is 6.92 Å². The molecule has 7 heteroatoms. The quantitative estimate of drug-likeness (QED) is 0.271. The van der Waals surface area contributed by atoms with Crippen molar-refractivity contribution in [1.82, 2.24) is 9.97 Å². The van der Waals surface area contributed by atoms with Gasteiger partial charge in [-0.3, -0.25) is 4.79 Å². The lowest BCUT2D eigenvalue weighted by atomic mass is 10.2. The van der Waals surface area contributed by atoms with Crippen LogP contribution in [0.25, 0.3) is 22.3 Å². The molecule has 4 rings (SSSR count). The van der Waals surface area contributed by atoms with E-state index in [0.717, 1.165) is 22.0 Å². The minimum Gasteiger partial charge on any atom is -0.325 e. The van der Waals surface area contributed by atoms with Gasteiger partial charge in [0.1, 0.15) is 5.03 Å². The van der Waals surface area contributed by atoms with E-state index in [9.17, 15) is 4.79 Å². The van der Waals surface area contributed by atoms with Crippen molar-refractivity contribution in [1.29, 1.82) is 0 Å². The number of nitrogens with zero attached hydrogens (tertiary/aromatic N) is 2. The number of hydrogen-bond acceptors (Lipinski definition) is 4. The van der Waals surface area contributed by atoms with Gasteiger partial charge in [-0.1, -0.05) is 71.4 Å². The predicted molar refractivity (Wildman–Crippen MR) is 126 cm³/mol. The maximum Gasteiger partial charge on any atom is 0.234 e. The number of nitrogens with one attached hydrogen (secondary N) is 1. The molecule has 1 aromatic heterocycles. The number of benzene rings is 3. The summed E-state index contributed by atoms with van der Waals surface area (Å²) in [7, 11) is 0. The Morgan fingerprint density at radius 3 is 2.57 bits per heavy atom. The normalized spacial score (nSPS) is 10.9. The van der Waals surface area contributed by atoms with Crippen LogP contribution in [0.4, 0.5) is 5.69 Å². The molecule has 0 unspecified atom stereocenters. The topological polar surface area (TPSA) is 54.9 Å². The van der Waals surface area contributed by atoms with Crippen molar-refractivity contribution in [2.24, 2.45) is 0 Å². The summed E-state index contributed by atoms with van der Waals surface area (Å²) in [4.78, 5) is 21.9. The van der Waals surface area contributed by atoms with E-state index in [1.807, 2.05) is 61.5 Å². The van der Waals surface area contributed by atoms with Gasteiger partial charge in [0, 0.05) is 26.7 Å². The van der Waals surface area contributed by atoms with E-state index in [4.69, 9.17) is 28.2 Å². The van der Waals surface area contributed by atoms with E-state index >= 15 is 0 Å². The Morgan fingerprint density at radius 1 is 1.00 bits per heavy atom. The summed E-state index contributed by atoms with van der Waals surface area (Å²) in [5.74, 6) is 0.659. The average Bonchev–Trinajstić information content (AvgIpc) is 2.75. The van der Waals surface area contributed by atoms with Crippen molar-refractivity contribution in [3.8, 4) is 11.4 Å². The van der Waals surface area contributed by atoms with Crippen LogP contribution in [0.1, 0.15) is 5.56 Å². The van der Waals surface area contributed by atoms with Crippen molar-refractivity contribution < 1.29 is 4.79 Å². The maximum atomic E-state index is 12.5. The number of hydrogen-bond donors (Lipinski definition) is 1. The summed E-state index contributed by atoms with van der Waals surface area (Å²) >= 11 is 13.7. The van der Waals surface area contributed by atoms with E-state index in [1.165, 1.54) is 11.8 Å². The van der Waals surface area contributed by atoms with Crippen molar-refractivity contribution in [3.05, 3.63) is 82.3 Å². The number of aryl methyl sites for hydroxylation is 1. The zero-order valence-electron chi connectivity index (χ0n) is 16.0. The third-order valence-electron chi connectivity index (χ3n) is 4.45. The third kappa shape index (κ3) is 4.75. The van der Waals surface area contributed by atoms with Crippen LogP contribution in [-0.4, -0.2) is 21.6 Å². The number of aromatic nitrogens is 2. The van der Waals surface area contributed by atoms with Crippen LogP contribution in [-0.2, 0) is 4.79 Å². The minimum absolute atomic E-state index is 0.144. The molecule has 1 N–H and O–H groups in total. The van der Waals surface area contributed by atoms with Gasteiger partial charge in [-0.25, -0.2) is 9.97 Å². The number of amides is 1. The summed E-state index contributed by atoms with van der Waals surface area (Å²) in [5.41, 5.74) is 3.31. The summed E-state index contributed by atoms with van der Waals surface area (Å²) in [6, 6.07) is 20.7. The van der Waals surface area contributed by atoms with Crippen molar-refractivity contribution >= 4 is 57.5 Å². The molecule has 1 amide bonds. The Bertz CT molecular complexity index is 1230. The number of thioether (sulfide) groups is 1. The summed E-state index contributed by atoms with van der Waals surface area (Å²) in [6.45, 7) is 1.92. The molecule has 150 valence electrons. The fourth-order valence-corrected chi connectivity index (χ4v) is 4.06. The van der Waals surface area contributed by atoms with Gasteiger partial charge in [0.15, 0.2) is 5.82 Å². The highest BCUT2D eigenvalue weighted by Crippen LogP contribution is 2.30. The number of carbonyl (C=O) groups excluding carboxylic acids is 1. The van der Waals surface area contributed by atoms with E-state index in [-0.39, 0.29) is 11.7 Å². The zero-order valence-corrected chi connectivity index (χ0v) is 18.4. The molecular weight excluding hydrogens is 437 g/mol. The highest BCUT2D eigenvalue weighted by Gasteiger charge is 2.13. The molecule has 30 heavy (non-hydrogen) atoms. The Hall–Kier alpha value is -2.60. The minimum atomic E-state index is -0.144. The first kappa shape index (κ1) is 20.7. The Morgan fingerprint density at radius 2 is 1.80 bits per heavy atom. The first-order valence-electron chi connectivity index (χ1n) is 9.21. The number of fused-ring (bicyclic) bond motifs is 1. The summed E-state index contributed by atoms with van der Waals surface area (Å²) in [5, 5.41) is 5.61. The molecule has 0 aliphatic rings. The third-order valence-corrected chi connectivity index (χ3v) is 6.08. The molecule has 3 aromatic carbocycles. The fourth-order valence-electron chi connectivity index (χ4n) is 2.90. The van der Waals surface area contributed by atoms with Crippen molar-refractivity contribution in [2.45, 2.75) is 11.9 Å². The fraction of sp³-hybridized carbons (Fsp3) is 0.0870. The van der Waals surface area contributed by atoms with E-state index in [2.05, 4.69) is 10.3 Å². The molecule has 0 radical (unpaired) electrons. The van der Waals surface area contributed by atoms with Crippen LogP contribution < -0.4 is 5.32 Å². The van der Waals surface area contributed by atoms with Gasteiger partial charge in [-0.05, 0) is 42.8 Å². The second-order valence-corrected chi connectivity index (χ2v) is 8.49. The SMILES string of the molecule is Cc1ccc(NC(=O)CSc2nc(-c3ccccc3)nc3ccc(Cl)cc23)cc1Cl. The molecule has 0 aliphatic heterocycles. The standard InChI is InChI=1S/C23H17Cl2N3OS/c1-14-7-9-17(12-19(14)25)26-21(29)13-30-23-18-11-16(24)8-10-20(18)27-22(28-23)15-5-3-2-4-6-15/h2-12H,13H2,1H3,(H,26,29). The highest BCUT2D eigenvalue weighted by molar-refractivity contribution is 8.00. The molecule has 0 fully saturated rings. The molecule has 4 nitrogen and oxygen atoms in total. The van der Waals surface area contributed by atoms with E-state index < -0.39 is 0 Å². The molecule has 0 spiro atoms. The van der Waals surface area contributed by atoms with Gasteiger partial charge < -0.3 is 5.32 Å². The Kier molecular flexibility index (Phi) is 6.23. The molecule has 0 saturated heterocycles. The molecule has 0 aliphatic carbocycles. The lowest BCUT2D eigenvalue weighted by Crippen LogP contribution is -2.14. The van der Waals surface area contributed by atoms with Crippen LogP contribution >= 0.6 is 35.0 Å². The molecular formula is C23H17Cl2N3OS. The second kappa shape index (κ2) is 9.04. The van der Waals surface area contributed by atoms with Crippen LogP contribution in [0.2, 0.25) is 10.0 Å². The first-order chi connectivity index (χ1) is 14.5. The van der Waals surface area contributed by atoms with Crippen LogP contribution in [0.5, 0.6) is 0 Å². The monoisotopic (exact) mass is 453 g/mol. The Balaban J connectivity index is 1.59. The van der Waals surface area contributed by atoms with Crippen molar-refractivity contribution in [2.75, 3.05) is 11.1 Å². The number of anilines is 1. The maximum absolute atomic E-state index is 12.5. The molecule has 0 atom stereocenters. The van der Waals surface area contributed by atoms with E-state index in [1.54, 1.807) is 12.1 Å². The number of rotatable bonds is 5. The van der Waals surface area contributed by atoms with Crippen LogP contribution in [0.3, 0.4) is 0 Å². The van der Waals surface area contributed by atoms with Gasteiger partial charge >= 0.3 is 0 Å². The summed E-state index contributed by atoms with van der Waals surface area (Å²) < 4.78 is 0. The smallest absolute Gasteiger partial charge is 0.234 e. The lowest BCUT2D eigenvalue weighted by molar-refractivity contribution is -0.113. The largest absolute Gasteiger partial charge is 0.325 e. The average molecular weight is 454 g/mol. The van der Waals surface area contributed by atoms with Gasteiger partial charge in [-0.2, -0.15) is 0 Å². The molecule has 4 aromatic rings. The van der Waals surface area contributed by atoms with Gasteiger partial charge in [0.05, 0.1) is 11.3 Å².